The third-order valence-corrected chi connectivity index (χ3v) is 3.23. The number of carbonyl (C=O) groups is 1. The number of amides is 1. The molecule has 3 heteroatoms. The Kier molecular flexibility index (Phi) is 5.13. The van der Waals surface area contributed by atoms with Crippen molar-refractivity contribution in [1.82, 2.24) is 5.32 Å². The lowest BCUT2D eigenvalue weighted by Gasteiger charge is -2.22. The molecule has 0 heterocycles. The highest BCUT2D eigenvalue weighted by molar-refractivity contribution is 5.94. The van der Waals surface area contributed by atoms with Crippen molar-refractivity contribution < 1.29 is 9.18 Å². The number of hydrogen-bond donors (Lipinski definition) is 1. The monoisotopic (exact) mass is 237 g/mol. The van der Waals surface area contributed by atoms with Crippen molar-refractivity contribution in [2.24, 2.45) is 5.92 Å². The van der Waals surface area contributed by atoms with E-state index in [2.05, 4.69) is 19.2 Å². The molecule has 0 aliphatic heterocycles. The van der Waals surface area contributed by atoms with Gasteiger partial charge in [0.1, 0.15) is 5.82 Å². The lowest BCUT2D eigenvalue weighted by atomic mass is 9.95. The molecule has 1 unspecified atom stereocenters. The van der Waals surface area contributed by atoms with Gasteiger partial charge in [-0.05, 0) is 25.0 Å². The van der Waals surface area contributed by atoms with Crippen LogP contribution in [-0.2, 0) is 0 Å². The minimum atomic E-state index is -0.471. The molecular formula is C14H20FNO. The zero-order valence-corrected chi connectivity index (χ0v) is 10.7. The summed E-state index contributed by atoms with van der Waals surface area (Å²) in [6.45, 7) is 6.16. The first kappa shape index (κ1) is 13.7. The van der Waals surface area contributed by atoms with Crippen LogP contribution in [0.3, 0.4) is 0 Å². The summed E-state index contributed by atoms with van der Waals surface area (Å²) in [4.78, 5) is 11.9. The van der Waals surface area contributed by atoms with Crippen molar-refractivity contribution in [3.05, 3.63) is 35.6 Å². The smallest absolute Gasteiger partial charge is 0.254 e. The van der Waals surface area contributed by atoms with Crippen LogP contribution in [-0.4, -0.2) is 11.9 Å². The SMILES string of the molecule is CCC(CC)C(C)NC(=O)c1ccccc1F. The normalized spacial score (nSPS) is 12.5. The molecule has 1 amide bonds. The summed E-state index contributed by atoms with van der Waals surface area (Å²) in [5, 5.41) is 2.86. The van der Waals surface area contributed by atoms with Crippen LogP contribution in [0.25, 0.3) is 0 Å². The predicted octanol–water partition coefficient (Wildman–Crippen LogP) is 3.38. The molecule has 1 atom stereocenters. The molecule has 1 rings (SSSR count). The Labute approximate surface area is 102 Å². The van der Waals surface area contributed by atoms with E-state index >= 15 is 0 Å². The second-order valence-electron chi connectivity index (χ2n) is 4.32. The fourth-order valence-electron chi connectivity index (χ4n) is 2.04. The van der Waals surface area contributed by atoms with Crippen LogP contribution in [0.1, 0.15) is 44.0 Å². The number of carbonyl (C=O) groups excluding carboxylic acids is 1. The van der Waals surface area contributed by atoms with E-state index in [1.54, 1.807) is 12.1 Å². The first-order valence-corrected chi connectivity index (χ1v) is 6.15. The summed E-state index contributed by atoms with van der Waals surface area (Å²) in [6, 6.07) is 6.12. The van der Waals surface area contributed by atoms with Crippen LogP contribution in [0.5, 0.6) is 0 Å². The molecule has 0 saturated heterocycles. The molecule has 0 aromatic heterocycles. The maximum atomic E-state index is 13.4. The van der Waals surface area contributed by atoms with Crippen LogP contribution in [0.2, 0.25) is 0 Å². The molecule has 0 aliphatic carbocycles. The van der Waals surface area contributed by atoms with Crippen LogP contribution in [0.15, 0.2) is 24.3 Å². The van der Waals surface area contributed by atoms with E-state index in [-0.39, 0.29) is 17.5 Å². The maximum absolute atomic E-state index is 13.4. The van der Waals surface area contributed by atoms with Gasteiger partial charge >= 0.3 is 0 Å². The van der Waals surface area contributed by atoms with Gasteiger partial charge in [-0.3, -0.25) is 4.79 Å². The standard InChI is InChI=1S/C14H20FNO/c1-4-11(5-2)10(3)16-14(17)12-8-6-7-9-13(12)15/h6-11H,4-5H2,1-3H3,(H,16,17). The fraction of sp³-hybridized carbons (Fsp3) is 0.500. The van der Waals surface area contributed by atoms with Gasteiger partial charge in [0.05, 0.1) is 5.56 Å². The number of rotatable bonds is 5. The molecule has 0 aliphatic rings. The topological polar surface area (TPSA) is 29.1 Å². The molecule has 1 aromatic carbocycles. The highest BCUT2D eigenvalue weighted by Gasteiger charge is 2.18. The van der Waals surface area contributed by atoms with Gasteiger partial charge in [0.2, 0.25) is 0 Å². The van der Waals surface area contributed by atoms with Gasteiger partial charge in [0.15, 0.2) is 0 Å². The van der Waals surface area contributed by atoms with Crippen LogP contribution in [0.4, 0.5) is 4.39 Å². The minimum Gasteiger partial charge on any atom is -0.349 e. The first-order chi connectivity index (χ1) is 8.10. The molecule has 0 fully saturated rings. The molecule has 2 nitrogen and oxygen atoms in total. The van der Waals surface area contributed by atoms with Gasteiger partial charge in [-0.1, -0.05) is 38.8 Å². The largest absolute Gasteiger partial charge is 0.349 e. The fourth-order valence-corrected chi connectivity index (χ4v) is 2.04. The maximum Gasteiger partial charge on any atom is 0.254 e. The molecule has 1 N–H and O–H groups in total. The summed E-state index contributed by atoms with van der Waals surface area (Å²) in [5.41, 5.74) is 0.116. The van der Waals surface area contributed by atoms with Gasteiger partial charge in [-0.25, -0.2) is 4.39 Å². The van der Waals surface area contributed by atoms with Crippen molar-refractivity contribution in [1.29, 1.82) is 0 Å². The molecule has 17 heavy (non-hydrogen) atoms. The number of hydrogen-bond acceptors (Lipinski definition) is 1. The van der Waals surface area contributed by atoms with Crippen molar-refractivity contribution in [2.75, 3.05) is 0 Å². The summed E-state index contributed by atoms with van der Waals surface area (Å²) in [6.07, 6.45) is 2.02. The van der Waals surface area contributed by atoms with Crippen molar-refractivity contribution in [3.8, 4) is 0 Å². The van der Waals surface area contributed by atoms with E-state index in [1.807, 2.05) is 6.92 Å². The molecule has 1 aromatic rings. The van der Waals surface area contributed by atoms with E-state index in [9.17, 15) is 9.18 Å². The zero-order valence-electron chi connectivity index (χ0n) is 10.7. The summed E-state index contributed by atoms with van der Waals surface area (Å²) < 4.78 is 13.4. The zero-order chi connectivity index (χ0) is 12.8. The number of benzene rings is 1. The van der Waals surface area contributed by atoms with Crippen LogP contribution in [0, 0.1) is 11.7 Å². The van der Waals surface area contributed by atoms with Gasteiger partial charge in [-0.2, -0.15) is 0 Å². The lowest BCUT2D eigenvalue weighted by molar-refractivity contribution is 0.0921. The Morgan fingerprint density at radius 3 is 2.41 bits per heavy atom. The predicted molar refractivity (Wildman–Crippen MR) is 67.4 cm³/mol. The minimum absolute atomic E-state index is 0.0668. The van der Waals surface area contributed by atoms with E-state index in [0.717, 1.165) is 12.8 Å². The Hall–Kier alpha value is -1.38. The highest BCUT2D eigenvalue weighted by atomic mass is 19.1. The third kappa shape index (κ3) is 3.55. The van der Waals surface area contributed by atoms with E-state index in [0.29, 0.717) is 5.92 Å². The van der Waals surface area contributed by atoms with Crippen LogP contribution >= 0.6 is 0 Å². The number of nitrogens with one attached hydrogen (secondary N) is 1. The summed E-state index contributed by atoms with van der Waals surface area (Å²) >= 11 is 0. The van der Waals surface area contributed by atoms with Crippen molar-refractivity contribution in [3.63, 3.8) is 0 Å². The van der Waals surface area contributed by atoms with Crippen LogP contribution < -0.4 is 5.32 Å². The molecule has 94 valence electrons. The molecule has 0 saturated carbocycles. The highest BCUT2D eigenvalue weighted by Crippen LogP contribution is 2.14. The quantitative estimate of drug-likeness (QED) is 0.835. The van der Waals surface area contributed by atoms with E-state index < -0.39 is 5.82 Å². The van der Waals surface area contributed by atoms with Crippen molar-refractivity contribution >= 4 is 5.91 Å². The lowest BCUT2D eigenvalue weighted by Crippen LogP contribution is -2.38. The second-order valence-corrected chi connectivity index (χ2v) is 4.32. The van der Waals surface area contributed by atoms with Gasteiger partial charge < -0.3 is 5.32 Å². The molecule has 0 radical (unpaired) electrons. The Morgan fingerprint density at radius 1 is 1.29 bits per heavy atom. The molecule has 0 spiro atoms. The Bertz CT molecular complexity index is 374. The molecular weight excluding hydrogens is 217 g/mol. The summed E-state index contributed by atoms with van der Waals surface area (Å²) in [5.74, 6) is -0.366. The van der Waals surface area contributed by atoms with Gasteiger partial charge in [0.25, 0.3) is 5.91 Å². The average molecular weight is 237 g/mol. The van der Waals surface area contributed by atoms with Gasteiger partial charge in [0, 0.05) is 6.04 Å². The average Bonchev–Trinajstić information content (AvgIpc) is 2.31. The Balaban J connectivity index is 2.70. The van der Waals surface area contributed by atoms with Crippen molar-refractivity contribution in [2.45, 2.75) is 39.7 Å². The second kappa shape index (κ2) is 6.38. The number of halogens is 1. The Morgan fingerprint density at radius 2 is 1.88 bits per heavy atom. The van der Waals surface area contributed by atoms with E-state index in [4.69, 9.17) is 0 Å². The van der Waals surface area contributed by atoms with E-state index in [1.165, 1.54) is 12.1 Å². The first-order valence-electron chi connectivity index (χ1n) is 6.15. The molecule has 0 bridgehead atoms. The summed E-state index contributed by atoms with van der Waals surface area (Å²) in [7, 11) is 0. The third-order valence-electron chi connectivity index (χ3n) is 3.23. The van der Waals surface area contributed by atoms with Gasteiger partial charge in [-0.15, -0.1) is 0 Å².